The molecule has 7 heteroatoms. The number of hydrogen-bond acceptors (Lipinski definition) is 5. The number of amides is 1. The number of carbonyl (C=O) groups is 2. The largest absolute Gasteiger partial charge is 0.462 e. The molecule has 4 aromatic rings. The van der Waals surface area contributed by atoms with Crippen molar-refractivity contribution in [1.29, 1.82) is 0 Å². The van der Waals surface area contributed by atoms with Crippen molar-refractivity contribution in [1.82, 2.24) is 9.99 Å². The van der Waals surface area contributed by atoms with Crippen LogP contribution in [-0.2, 0) is 9.53 Å². The maximum Gasteiger partial charge on any atom is 0.340 e. The number of hydrazone groups is 1. The Bertz CT molecular complexity index is 1400. The van der Waals surface area contributed by atoms with E-state index in [0.717, 1.165) is 39.1 Å². The van der Waals surface area contributed by atoms with Crippen molar-refractivity contribution in [3.05, 3.63) is 95.3 Å². The van der Waals surface area contributed by atoms with Gasteiger partial charge in [0, 0.05) is 28.0 Å². The molecule has 0 spiro atoms. The van der Waals surface area contributed by atoms with Crippen LogP contribution in [-0.4, -0.2) is 35.8 Å². The maximum atomic E-state index is 12.4. The zero-order valence-electron chi connectivity index (χ0n) is 20.0. The summed E-state index contributed by atoms with van der Waals surface area (Å²) >= 11 is 0. The van der Waals surface area contributed by atoms with E-state index in [2.05, 4.69) is 15.8 Å². The van der Waals surface area contributed by atoms with Crippen LogP contribution in [0.15, 0.2) is 77.9 Å². The maximum absolute atomic E-state index is 12.4. The molecule has 0 fully saturated rings. The van der Waals surface area contributed by atoms with Crippen molar-refractivity contribution in [2.75, 3.05) is 18.5 Å². The number of nitrogens with zero attached hydrogens (tertiary/aromatic N) is 2. The van der Waals surface area contributed by atoms with Gasteiger partial charge in [-0.2, -0.15) is 5.10 Å². The van der Waals surface area contributed by atoms with E-state index in [9.17, 15) is 9.59 Å². The van der Waals surface area contributed by atoms with Gasteiger partial charge in [-0.1, -0.05) is 48.5 Å². The predicted octanol–water partition coefficient (Wildman–Crippen LogP) is 4.99. The Kier molecular flexibility index (Phi) is 7.26. The summed E-state index contributed by atoms with van der Waals surface area (Å²) in [7, 11) is 0. The first kappa shape index (κ1) is 23.8. The third-order valence-corrected chi connectivity index (χ3v) is 5.73. The average Bonchev–Trinajstić information content (AvgIpc) is 3.15. The lowest BCUT2D eigenvalue weighted by molar-refractivity contribution is -0.119. The minimum atomic E-state index is -0.364. The third kappa shape index (κ3) is 5.24. The van der Waals surface area contributed by atoms with Crippen LogP contribution in [0.4, 0.5) is 5.69 Å². The van der Waals surface area contributed by atoms with Crippen molar-refractivity contribution >= 4 is 34.6 Å². The molecular formula is C28H28N4O3. The van der Waals surface area contributed by atoms with Crippen molar-refractivity contribution < 1.29 is 14.3 Å². The number of para-hydroxylation sites is 1. The van der Waals surface area contributed by atoms with Gasteiger partial charge in [-0.25, -0.2) is 10.2 Å². The second-order valence-electron chi connectivity index (χ2n) is 8.07. The highest BCUT2D eigenvalue weighted by molar-refractivity contribution is 5.95. The molecule has 0 aliphatic heterocycles. The van der Waals surface area contributed by atoms with Crippen molar-refractivity contribution in [3.63, 3.8) is 0 Å². The number of aryl methyl sites for hydroxylation is 1. The molecule has 0 radical (unpaired) electrons. The number of aromatic nitrogens is 1. The number of fused-ring (bicyclic) bond motifs is 1. The van der Waals surface area contributed by atoms with E-state index >= 15 is 0 Å². The SMILES string of the molecule is CCOC(=O)c1ccccc1-n1c(C)cc(/C=N\NC(=O)CNc2cccc3ccccc23)c1C. The van der Waals surface area contributed by atoms with E-state index in [1.54, 1.807) is 19.2 Å². The molecule has 1 amide bonds. The van der Waals surface area contributed by atoms with Gasteiger partial charge < -0.3 is 14.6 Å². The number of nitrogens with one attached hydrogen (secondary N) is 2. The number of carbonyl (C=O) groups excluding carboxylic acids is 2. The second kappa shape index (κ2) is 10.7. The van der Waals surface area contributed by atoms with Crippen LogP contribution in [0.3, 0.4) is 0 Å². The molecule has 35 heavy (non-hydrogen) atoms. The van der Waals surface area contributed by atoms with Crippen LogP contribution in [0, 0.1) is 13.8 Å². The number of rotatable bonds is 8. The van der Waals surface area contributed by atoms with Gasteiger partial charge in [0.2, 0.25) is 0 Å². The Balaban J connectivity index is 1.45. The Morgan fingerprint density at radius 2 is 1.74 bits per heavy atom. The summed E-state index contributed by atoms with van der Waals surface area (Å²) in [5.41, 5.74) is 7.37. The van der Waals surface area contributed by atoms with Crippen LogP contribution in [0.5, 0.6) is 0 Å². The van der Waals surface area contributed by atoms with Gasteiger partial charge in [0.1, 0.15) is 0 Å². The summed E-state index contributed by atoms with van der Waals surface area (Å²) in [4.78, 5) is 24.8. The molecule has 2 N–H and O–H groups in total. The summed E-state index contributed by atoms with van der Waals surface area (Å²) in [6.45, 7) is 6.09. The molecule has 3 aromatic carbocycles. The average molecular weight is 469 g/mol. The van der Waals surface area contributed by atoms with Gasteiger partial charge in [-0.3, -0.25) is 4.79 Å². The van der Waals surface area contributed by atoms with Gasteiger partial charge in [0.05, 0.1) is 30.6 Å². The van der Waals surface area contributed by atoms with Gasteiger partial charge in [-0.15, -0.1) is 0 Å². The Hall–Kier alpha value is -4.39. The molecular weight excluding hydrogens is 440 g/mol. The minimum Gasteiger partial charge on any atom is -0.462 e. The number of benzene rings is 3. The summed E-state index contributed by atoms with van der Waals surface area (Å²) < 4.78 is 7.20. The zero-order valence-corrected chi connectivity index (χ0v) is 20.0. The number of esters is 1. The highest BCUT2D eigenvalue weighted by Crippen LogP contribution is 2.24. The lowest BCUT2D eigenvalue weighted by atomic mass is 10.1. The highest BCUT2D eigenvalue weighted by atomic mass is 16.5. The first-order chi connectivity index (χ1) is 17.0. The van der Waals surface area contributed by atoms with Crippen LogP contribution in [0.25, 0.3) is 16.5 Å². The molecule has 0 unspecified atom stereocenters. The van der Waals surface area contributed by atoms with E-state index < -0.39 is 0 Å². The van der Waals surface area contributed by atoms with Crippen LogP contribution in [0.1, 0.15) is 34.2 Å². The summed E-state index contributed by atoms with van der Waals surface area (Å²) in [6.07, 6.45) is 1.61. The molecule has 0 atom stereocenters. The smallest absolute Gasteiger partial charge is 0.340 e. The van der Waals surface area contributed by atoms with Gasteiger partial charge in [0.25, 0.3) is 5.91 Å². The molecule has 0 saturated heterocycles. The second-order valence-corrected chi connectivity index (χ2v) is 8.07. The van der Waals surface area contributed by atoms with E-state index in [1.165, 1.54) is 0 Å². The van der Waals surface area contributed by atoms with Gasteiger partial charge in [-0.05, 0) is 50.4 Å². The number of anilines is 1. The van der Waals surface area contributed by atoms with Crippen LogP contribution < -0.4 is 10.7 Å². The van der Waals surface area contributed by atoms with Crippen molar-refractivity contribution in [3.8, 4) is 5.69 Å². The molecule has 7 nitrogen and oxygen atoms in total. The van der Waals surface area contributed by atoms with E-state index in [1.807, 2.05) is 85.1 Å². The standard InChI is InChI=1S/C28H28N4O3/c1-4-35-28(34)24-13-7-8-15-26(24)32-19(2)16-22(20(32)3)17-30-31-27(33)18-29-25-14-9-11-21-10-5-6-12-23(21)25/h5-17,29H,4,18H2,1-3H3,(H,31,33)/b30-17-. The fraction of sp³-hybridized carbons (Fsp3) is 0.179. The Labute approximate surface area is 204 Å². The molecule has 4 rings (SSSR count). The summed E-state index contributed by atoms with van der Waals surface area (Å²) in [5.74, 6) is -0.618. The molecule has 1 heterocycles. The van der Waals surface area contributed by atoms with Crippen molar-refractivity contribution in [2.24, 2.45) is 5.10 Å². The quantitative estimate of drug-likeness (QED) is 0.217. The molecule has 0 aliphatic carbocycles. The van der Waals surface area contributed by atoms with E-state index in [-0.39, 0.29) is 18.4 Å². The Morgan fingerprint density at radius 1 is 1.00 bits per heavy atom. The van der Waals surface area contributed by atoms with E-state index in [0.29, 0.717) is 12.2 Å². The van der Waals surface area contributed by atoms with Gasteiger partial charge >= 0.3 is 5.97 Å². The first-order valence-corrected chi connectivity index (χ1v) is 11.5. The molecule has 1 aromatic heterocycles. The zero-order chi connectivity index (χ0) is 24.8. The lowest BCUT2D eigenvalue weighted by Crippen LogP contribution is -2.25. The lowest BCUT2D eigenvalue weighted by Gasteiger charge is -2.14. The normalized spacial score (nSPS) is 11.1. The molecule has 0 saturated carbocycles. The van der Waals surface area contributed by atoms with Crippen molar-refractivity contribution in [2.45, 2.75) is 20.8 Å². The minimum absolute atomic E-state index is 0.0945. The third-order valence-electron chi connectivity index (χ3n) is 5.73. The summed E-state index contributed by atoms with van der Waals surface area (Å²) in [5, 5.41) is 9.48. The Morgan fingerprint density at radius 3 is 2.57 bits per heavy atom. The van der Waals surface area contributed by atoms with Crippen LogP contribution in [0.2, 0.25) is 0 Å². The number of hydrogen-bond donors (Lipinski definition) is 2. The summed E-state index contributed by atoms with van der Waals surface area (Å²) in [6, 6.07) is 23.2. The first-order valence-electron chi connectivity index (χ1n) is 11.5. The monoisotopic (exact) mass is 468 g/mol. The highest BCUT2D eigenvalue weighted by Gasteiger charge is 2.17. The molecule has 0 bridgehead atoms. The van der Waals surface area contributed by atoms with Gasteiger partial charge in [0.15, 0.2) is 0 Å². The van der Waals surface area contributed by atoms with Crippen LogP contribution >= 0.6 is 0 Å². The fourth-order valence-corrected chi connectivity index (χ4v) is 4.11. The fourth-order valence-electron chi connectivity index (χ4n) is 4.11. The number of ether oxygens (including phenoxy) is 1. The molecule has 178 valence electrons. The predicted molar refractivity (Wildman–Crippen MR) is 139 cm³/mol. The van der Waals surface area contributed by atoms with E-state index in [4.69, 9.17) is 4.74 Å². The topological polar surface area (TPSA) is 84.7 Å². The molecule has 0 aliphatic rings.